The van der Waals surface area contributed by atoms with E-state index in [1.165, 1.54) is 25.3 Å². The molecule has 0 bridgehead atoms. The number of hydrogen-bond acceptors (Lipinski definition) is 5. The molecule has 0 heterocycles. The smallest absolute Gasteiger partial charge is 0.310 e. The van der Waals surface area contributed by atoms with E-state index in [0.717, 1.165) is 6.42 Å². The first-order valence-corrected chi connectivity index (χ1v) is 6.28. The molecular weight excluding hydrogens is 264 g/mol. The molecule has 1 aromatic carbocycles. The molecule has 0 saturated heterocycles. The van der Waals surface area contributed by atoms with Gasteiger partial charge in [-0.1, -0.05) is 0 Å². The summed E-state index contributed by atoms with van der Waals surface area (Å²) in [6.07, 6.45) is 2.31. The molecule has 1 aliphatic rings. The number of benzene rings is 1. The van der Waals surface area contributed by atoms with Gasteiger partial charge >= 0.3 is 5.69 Å². The number of rotatable bonds is 5. The molecule has 2 N–H and O–H groups in total. The third kappa shape index (κ3) is 2.88. The van der Waals surface area contributed by atoms with E-state index in [-0.39, 0.29) is 23.5 Å². The normalized spacial score (nSPS) is 16.1. The van der Waals surface area contributed by atoms with Crippen molar-refractivity contribution in [1.29, 1.82) is 0 Å². The molecule has 0 radical (unpaired) electrons. The average molecular weight is 280 g/mol. The maximum absolute atomic E-state index is 11.9. The minimum Gasteiger partial charge on any atom is -0.490 e. The molecule has 0 atom stereocenters. The van der Waals surface area contributed by atoms with E-state index in [2.05, 4.69) is 5.32 Å². The number of ether oxygens (including phenoxy) is 1. The maximum atomic E-state index is 11.9. The van der Waals surface area contributed by atoms with Crippen LogP contribution in [0.2, 0.25) is 0 Å². The highest BCUT2D eigenvalue weighted by Crippen LogP contribution is 2.31. The van der Waals surface area contributed by atoms with E-state index in [0.29, 0.717) is 12.8 Å². The highest BCUT2D eigenvalue weighted by Gasteiger charge is 2.34. The summed E-state index contributed by atoms with van der Waals surface area (Å²) < 4.78 is 4.90. The Morgan fingerprint density at radius 3 is 2.75 bits per heavy atom. The van der Waals surface area contributed by atoms with Crippen LogP contribution in [0.1, 0.15) is 29.6 Å². The van der Waals surface area contributed by atoms with Gasteiger partial charge in [-0.15, -0.1) is 0 Å². The summed E-state index contributed by atoms with van der Waals surface area (Å²) in [6.45, 7) is 0.186. The lowest BCUT2D eigenvalue weighted by Gasteiger charge is -2.36. The number of nitrogens with one attached hydrogen (secondary N) is 1. The average Bonchev–Trinajstić information content (AvgIpc) is 2.41. The molecule has 7 heteroatoms. The van der Waals surface area contributed by atoms with Crippen LogP contribution in [0.5, 0.6) is 5.75 Å². The lowest BCUT2D eigenvalue weighted by molar-refractivity contribution is -0.385. The van der Waals surface area contributed by atoms with Gasteiger partial charge in [0.1, 0.15) is 0 Å². The number of carbonyl (C=O) groups excluding carboxylic acids is 1. The molecule has 20 heavy (non-hydrogen) atoms. The second-order valence-electron chi connectivity index (χ2n) is 4.90. The number of hydrogen-bond donors (Lipinski definition) is 2. The van der Waals surface area contributed by atoms with Crippen LogP contribution in [0, 0.1) is 10.1 Å². The van der Waals surface area contributed by atoms with Gasteiger partial charge < -0.3 is 15.2 Å². The van der Waals surface area contributed by atoms with Crippen LogP contribution < -0.4 is 10.1 Å². The van der Waals surface area contributed by atoms with E-state index in [1.807, 2.05) is 0 Å². The Hall–Kier alpha value is -2.15. The molecule has 1 saturated carbocycles. The Kier molecular flexibility index (Phi) is 3.89. The molecule has 1 aromatic rings. The number of nitro groups is 1. The van der Waals surface area contributed by atoms with Crippen molar-refractivity contribution in [3.63, 3.8) is 0 Å². The SMILES string of the molecule is COc1cc(C(=O)NCC2(O)CCC2)ccc1[N+](=O)[O-]. The Morgan fingerprint density at radius 2 is 2.25 bits per heavy atom. The van der Waals surface area contributed by atoms with Crippen molar-refractivity contribution in [3.8, 4) is 5.75 Å². The summed E-state index contributed by atoms with van der Waals surface area (Å²) in [5.41, 5.74) is -0.738. The van der Waals surface area contributed by atoms with Crippen LogP contribution in [0.4, 0.5) is 5.69 Å². The standard InChI is InChI=1S/C13H16N2O5/c1-20-11-7-9(3-4-10(11)15(18)19)12(16)14-8-13(17)5-2-6-13/h3-4,7,17H,2,5-6,8H2,1H3,(H,14,16). The predicted octanol–water partition coefficient (Wildman–Crippen LogP) is 1.25. The van der Waals surface area contributed by atoms with Gasteiger partial charge in [-0.05, 0) is 25.3 Å². The van der Waals surface area contributed by atoms with Gasteiger partial charge in [0.15, 0.2) is 5.75 Å². The molecule has 108 valence electrons. The van der Waals surface area contributed by atoms with Crippen molar-refractivity contribution in [3.05, 3.63) is 33.9 Å². The number of nitro benzene ring substituents is 1. The fraction of sp³-hybridized carbons (Fsp3) is 0.462. The van der Waals surface area contributed by atoms with E-state index in [9.17, 15) is 20.0 Å². The van der Waals surface area contributed by atoms with Gasteiger partial charge in [0.05, 0.1) is 17.6 Å². The second-order valence-corrected chi connectivity index (χ2v) is 4.90. The minimum absolute atomic E-state index is 0.0324. The van der Waals surface area contributed by atoms with Crippen molar-refractivity contribution in [2.24, 2.45) is 0 Å². The van der Waals surface area contributed by atoms with Crippen LogP contribution in [-0.2, 0) is 0 Å². The highest BCUT2D eigenvalue weighted by molar-refractivity contribution is 5.95. The van der Waals surface area contributed by atoms with Crippen LogP contribution >= 0.6 is 0 Å². The third-order valence-electron chi connectivity index (χ3n) is 3.50. The van der Waals surface area contributed by atoms with Crippen molar-refractivity contribution >= 4 is 11.6 Å². The number of methoxy groups -OCH3 is 1. The molecule has 0 spiro atoms. The molecule has 0 aliphatic heterocycles. The van der Waals surface area contributed by atoms with Gasteiger partial charge in [0, 0.05) is 24.2 Å². The molecule has 1 fully saturated rings. The molecule has 1 aliphatic carbocycles. The van der Waals surface area contributed by atoms with E-state index in [4.69, 9.17) is 4.74 Å². The molecule has 2 rings (SSSR count). The number of nitrogens with zero attached hydrogens (tertiary/aromatic N) is 1. The summed E-state index contributed by atoms with van der Waals surface area (Å²) in [6, 6.07) is 3.91. The number of carbonyl (C=O) groups is 1. The first-order chi connectivity index (χ1) is 9.45. The third-order valence-corrected chi connectivity index (χ3v) is 3.50. The van der Waals surface area contributed by atoms with Crippen LogP contribution in [0.15, 0.2) is 18.2 Å². The number of aliphatic hydroxyl groups is 1. The fourth-order valence-electron chi connectivity index (χ4n) is 2.08. The van der Waals surface area contributed by atoms with Crippen molar-refractivity contribution in [2.45, 2.75) is 24.9 Å². The van der Waals surface area contributed by atoms with Gasteiger partial charge in [0.25, 0.3) is 5.91 Å². The van der Waals surface area contributed by atoms with Crippen LogP contribution in [-0.4, -0.2) is 35.2 Å². The topological polar surface area (TPSA) is 102 Å². The van der Waals surface area contributed by atoms with Gasteiger partial charge in [-0.25, -0.2) is 0 Å². The summed E-state index contributed by atoms with van der Waals surface area (Å²) in [5, 5.41) is 23.3. The summed E-state index contributed by atoms with van der Waals surface area (Å²) >= 11 is 0. The van der Waals surface area contributed by atoms with E-state index < -0.39 is 16.4 Å². The lowest BCUT2D eigenvalue weighted by Crippen LogP contribution is -2.47. The van der Waals surface area contributed by atoms with E-state index >= 15 is 0 Å². The Bertz CT molecular complexity index is 540. The summed E-state index contributed by atoms with van der Waals surface area (Å²) in [5.74, 6) is -0.358. The molecule has 0 unspecified atom stereocenters. The minimum atomic E-state index is -0.805. The van der Waals surface area contributed by atoms with Gasteiger partial charge in [0.2, 0.25) is 0 Å². The number of amides is 1. The van der Waals surface area contributed by atoms with Crippen LogP contribution in [0.25, 0.3) is 0 Å². The maximum Gasteiger partial charge on any atom is 0.310 e. The Morgan fingerprint density at radius 1 is 1.55 bits per heavy atom. The molecule has 1 amide bonds. The zero-order chi connectivity index (χ0) is 14.8. The molecular formula is C13H16N2O5. The lowest BCUT2D eigenvalue weighted by atomic mass is 9.80. The Labute approximate surface area is 115 Å². The van der Waals surface area contributed by atoms with Crippen molar-refractivity contribution in [2.75, 3.05) is 13.7 Å². The zero-order valence-corrected chi connectivity index (χ0v) is 11.1. The summed E-state index contributed by atoms with van der Waals surface area (Å²) in [7, 11) is 1.31. The largest absolute Gasteiger partial charge is 0.490 e. The van der Waals surface area contributed by atoms with Crippen molar-refractivity contribution < 1.29 is 19.6 Å². The molecule has 0 aromatic heterocycles. The van der Waals surface area contributed by atoms with Crippen molar-refractivity contribution in [1.82, 2.24) is 5.32 Å². The predicted molar refractivity (Wildman–Crippen MR) is 70.8 cm³/mol. The zero-order valence-electron chi connectivity index (χ0n) is 11.1. The first-order valence-electron chi connectivity index (χ1n) is 6.28. The fourth-order valence-corrected chi connectivity index (χ4v) is 2.08. The summed E-state index contributed by atoms with van der Waals surface area (Å²) in [4.78, 5) is 22.1. The van der Waals surface area contributed by atoms with Gasteiger partial charge in [-0.3, -0.25) is 14.9 Å². The Balaban J connectivity index is 2.08. The van der Waals surface area contributed by atoms with E-state index in [1.54, 1.807) is 0 Å². The second kappa shape index (κ2) is 5.46. The van der Waals surface area contributed by atoms with Gasteiger partial charge in [-0.2, -0.15) is 0 Å². The van der Waals surface area contributed by atoms with Crippen LogP contribution in [0.3, 0.4) is 0 Å². The quantitative estimate of drug-likeness (QED) is 0.624. The monoisotopic (exact) mass is 280 g/mol. The first kappa shape index (κ1) is 14.3. The molecule has 7 nitrogen and oxygen atoms in total. The highest BCUT2D eigenvalue weighted by atomic mass is 16.6.